The Bertz CT molecular complexity index is 801. The molecule has 7 nitrogen and oxygen atoms in total. The van der Waals surface area contributed by atoms with E-state index in [2.05, 4.69) is 0 Å². The van der Waals surface area contributed by atoms with Gasteiger partial charge in [-0.2, -0.15) is 4.31 Å². The lowest BCUT2D eigenvalue weighted by Gasteiger charge is -2.21. The molecule has 1 aromatic carbocycles. The normalized spacial score (nSPS) is 21.9. The summed E-state index contributed by atoms with van der Waals surface area (Å²) in [5.41, 5.74) is 0.0301. The van der Waals surface area contributed by atoms with E-state index in [0.717, 1.165) is 25.7 Å². The zero-order valence-corrected chi connectivity index (χ0v) is 15.7. The Morgan fingerprint density at radius 1 is 1.19 bits per heavy atom. The van der Waals surface area contributed by atoms with Crippen LogP contribution in [0.25, 0.3) is 0 Å². The van der Waals surface area contributed by atoms with Gasteiger partial charge in [0.15, 0.2) is 0 Å². The van der Waals surface area contributed by atoms with Gasteiger partial charge in [0.05, 0.1) is 17.2 Å². The number of sulfonamides is 1. The molecule has 142 valence electrons. The van der Waals surface area contributed by atoms with E-state index in [1.165, 1.54) is 22.5 Å². The summed E-state index contributed by atoms with van der Waals surface area (Å²) in [5, 5.41) is 0.0473. The smallest absolute Gasteiger partial charge is 0.347 e. The summed E-state index contributed by atoms with van der Waals surface area (Å²) in [6.45, 7) is 1.06. The van der Waals surface area contributed by atoms with Crippen LogP contribution in [-0.2, 0) is 24.3 Å². The van der Waals surface area contributed by atoms with Gasteiger partial charge in [-0.25, -0.2) is 18.0 Å². The molecule has 0 aromatic heterocycles. The van der Waals surface area contributed by atoms with Gasteiger partial charge >= 0.3 is 11.9 Å². The van der Waals surface area contributed by atoms with Crippen LogP contribution in [0.1, 0.15) is 42.5 Å². The van der Waals surface area contributed by atoms with Gasteiger partial charge < -0.3 is 9.47 Å². The first-order chi connectivity index (χ1) is 12.4. The summed E-state index contributed by atoms with van der Waals surface area (Å²) in [5.74, 6) is -1.37. The number of cyclic esters (lactones) is 1. The zero-order chi connectivity index (χ0) is 18.7. The third kappa shape index (κ3) is 4.02. The van der Waals surface area contributed by atoms with Gasteiger partial charge in [0, 0.05) is 19.5 Å². The number of ether oxygens (including phenoxy) is 2. The van der Waals surface area contributed by atoms with Crippen LogP contribution >= 0.6 is 11.6 Å². The Hall–Kier alpha value is -1.64. The van der Waals surface area contributed by atoms with Crippen molar-refractivity contribution in [3.63, 3.8) is 0 Å². The fourth-order valence-electron chi connectivity index (χ4n) is 3.03. The molecule has 0 spiro atoms. The number of hydrogen-bond donors (Lipinski definition) is 0. The summed E-state index contributed by atoms with van der Waals surface area (Å²) in [4.78, 5) is 23.6. The number of halogens is 1. The van der Waals surface area contributed by atoms with E-state index < -0.39 is 28.1 Å². The highest BCUT2D eigenvalue weighted by Crippen LogP contribution is 2.28. The number of hydrogen-bond acceptors (Lipinski definition) is 6. The molecule has 1 aromatic rings. The second-order valence-corrected chi connectivity index (χ2v) is 8.63. The molecule has 0 saturated carbocycles. The first-order valence-electron chi connectivity index (χ1n) is 8.57. The molecule has 26 heavy (non-hydrogen) atoms. The minimum Gasteiger partial charge on any atom is -0.463 e. The third-order valence-electron chi connectivity index (χ3n) is 4.49. The highest BCUT2D eigenvalue weighted by atomic mass is 35.5. The number of esters is 2. The molecule has 2 fully saturated rings. The largest absolute Gasteiger partial charge is 0.463 e. The van der Waals surface area contributed by atoms with Crippen molar-refractivity contribution in [3.05, 3.63) is 28.8 Å². The maximum absolute atomic E-state index is 12.9. The summed E-state index contributed by atoms with van der Waals surface area (Å²) in [6.07, 6.45) is 2.90. The van der Waals surface area contributed by atoms with Gasteiger partial charge in [-0.1, -0.05) is 24.4 Å². The van der Waals surface area contributed by atoms with Gasteiger partial charge in [0.25, 0.3) is 0 Å². The molecule has 2 saturated heterocycles. The first-order valence-corrected chi connectivity index (χ1v) is 10.4. The van der Waals surface area contributed by atoms with Crippen LogP contribution in [0, 0.1) is 0 Å². The summed E-state index contributed by atoms with van der Waals surface area (Å²) < 4.78 is 37.2. The third-order valence-corrected chi connectivity index (χ3v) is 6.87. The fourth-order valence-corrected chi connectivity index (χ4v) is 5.05. The topological polar surface area (TPSA) is 90.0 Å². The maximum atomic E-state index is 12.9. The van der Waals surface area contributed by atoms with Crippen molar-refractivity contribution in [1.82, 2.24) is 4.31 Å². The second kappa shape index (κ2) is 7.94. The quantitative estimate of drug-likeness (QED) is 0.719. The van der Waals surface area contributed by atoms with Gasteiger partial charge in [-0.3, -0.25) is 0 Å². The van der Waals surface area contributed by atoms with Crippen molar-refractivity contribution in [2.45, 2.75) is 43.1 Å². The molecule has 0 unspecified atom stereocenters. The molecular formula is C17H20ClNO6S. The number of nitrogens with zero attached hydrogens (tertiary/aromatic N) is 1. The number of carbonyl (C=O) groups excluding carboxylic acids is 2. The van der Waals surface area contributed by atoms with Crippen LogP contribution in [0.5, 0.6) is 0 Å². The van der Waals surface area contributed by atoms with Crippen LogP contribution in [0.4, 0.5) is 0 Å². The lowest BCUT2D eigenvalue weighted by atomic mass is 10.2. The van der Waals surface area contributed by atoms with E-state index in [0.29, 0.717) is 13.1 Å². The zero-order valence-electron chi connectivity index (χ0n) is 14.1. The van der Waals surface area contributed by atoms with Crippen LogP contribution in [-0.4, -0.2) is 50.5 Å². The lowest BCUT2D eigenvalue weighted by molar-refractivity contribution is -0.145. The van der Waals surface area contributed by atoms with E-state index in [1.54, 1.807) is 0 Å². The van der Waals surface area contributed by atoms with Crippen LogP contribution in [0.2, 0.25) is 5.02 Å². The molecule has 2 heterocycles. The van der Waals surface area contributed by atoms with Crippen LogP contribution in [0.15, 0.2) is 23.1 Å². The molecular weight excluding hydrogens is 382 g/mol. The number of benzene rings is 1. The summed E-state index contributed by atoms with van der Waals surface area (Å²) in [7, 11) is -3.81. The van der Waals surface area contributed by atoms with E-state index >= 15 is 0 Å². The standard InChI is InChI=1S/C17H20ClNO6S/c18-13-6-5-12(16(20)25-14-7-10-24-17(14)21)11-15(13)26(22,23)19-8-3-1-2-4-9-19/h5-6,11,14H,1-4,7-10H2/t14-/m0/s1. The highest BCUT2D eigenvalue weighted by molar-refractivity contribution is 7.89. The van der Waals surface area contributed by atoms with Gasteiger partial charge in [0.2, 0.25) is 16.1 Å². The van der Waals surface area contributed by atoms with E-state index in [-0.39, 0.29) is 28.5 Å². The predicted molar refractivity (Wildman–Crippen MR) is 93.5 cm³/mol. The molecule has 0 bridgehead atoms. The lowest BCUT2D eigenvalue weighted by Crippen LogP contribution is -2.32. The minimum atomic E-state index is -3.81. The van der Waals surface area contributed by atoms with Crippen molar-refractivity contribution >= 4 is 33.6 Å². The Balaban J connectivity index is 1.84. The molecule has 0 aliphatic carbocycles. The number of carbonyl (C=O) groups is 2. The monoisotopic (exact) mass is 401 g/mol. The Kier molecular flexibility index (Phi) is 5.84. The van der Waals surface area contributed by atoms with Crippen molar-refractivity contribution in [1.29, 1.82) is 0 Å². The summed E-state index contributed by atoms with van der Waals surface area (Å²) in [6, 6.07) is 3.95. The van der Waals surface area contributed by atoms with E-state index in [1.807, 2.05) is 0 Å². The summed E-state index contributed by atoms with van der Waals surface area (Å²) >= 11 is 6.11. The maximum Gasteiger partial charge on any atom is 0.347 e. The SMILES string of the molecule is O=C(O[C@H]1CCOC1=O)c1ccc(Cl)c(S(=O)(=O)N2CCCCCC2)c1. The van der Waals surface area contributed by atoms with Gasteiger partial charge in [-0.05, 0) is 31.0 Å². The molecule has 1 atom stereocenters. The highest BCUT2D eigenvalue weighted by Gasteiger charge is 2.32. The fraction of sp³-hybridized carbons (Fsp3) is 0.529. The molecule has 3 rings (SSSR count). The molecule has 9 heteroatoms. The molecule has 2 aliphatic rings. The molecule has 0 amide bonds. The average Bonchev–Trinajstić information content (AvgIpc) is 2.86. The van der Waals surface area contributed by atoms with Gasteiger partial charge in [0.1, 0.15) is 4.90 Å². The van der Waals surface area contributed by atoms with E-state index in [4.69, 9.17) is 21.1 Å². The van der Waals surface area contributed by atoms with Crippen molar-refractivity contribution in [2.24, 2.45) is 0 Å². The Morgan fingerprint density at radius 2 is 1.88 bits per heavy atom. The second-order valence-electron chi connectivity index (χ2n) is 6.31. The minimum absolute atomic E-state index is 0.0301. The Morgan fingerprint density at radius 3 is 2.50 bits per heavy atom. The van der Waals surface area contributed by atoms with Gasteiger partial charge in [-0.15, -0.1) is 0 Å². The molecule has 0 N–H and O–H groups in total. The van der Waals surface area contributed by atoms with E-state index in [9.17, 15) is 18.0 Å². The average molecular weight is 402 g/mol. The molecule has 2 aliphatic heterocycles. The Labute approximate surface area is 157 Å². The van der Waals surface area contributed by atoms with Crippen molar-refractivity contribution in [2.75, 3.05) is 19.7 Å². The van der Waals surface area contributed by atoms with Crippen molar-refractivity contribution in [3.8, 4) is 0 Å². The predicted octanol–water partition coefficient (Wildman–Crippen LogP) is 2.38. The molecule has 0 radical (unpaired) electrons. The van der Waals surface area contributed by atoms with Crippen molar-refractivity contribution < 1.29 is 27.5 Å². The van der Waals surface area contributed by atoms with Crippen LogP contribution < -0.4 is 0 Å². The first kappa shape index (κ1) is 19.1. The van der Waals surface area contributed by atoms with Crippen LogP contribution in [0.3, 0.4) is 0 Å². The number of rotatable bonds is 4.